The van der Waals surface area contributed by atoms with E-state index in [2.05, 4.69) is 0 Å². The fourth-order valence-corrected chi connectivity index (χ4v) is 6.47. The number of hydrogen-bond acceptors (Lipinski definition) is 5. The van der Waals surface area contributed by atoms with E-state index in [9.17, 15) is 13.2 Å². The number of amides is 1. The monoisotopic (exact) mass is 391 g/mol. The van der Waals surface area contributed by atoms with Crippen LogP contribution in [-0.4, -0.2) is 55.2 Å². The van der Waals surface area contributed by atoms with Crippen molar-refractivity contribution >= 4 is 38.9 Å². The number of rotatable bonds is 3. The number of halogens is 1. The van der Waals surface area contributed by atoms with Crippen LogP contribution in [0.25, 0.3) is 0 Å². The van der Waals surface area contributed by atoms with Crippen LogP contribution in [0.1, 0.15) is 32.1 Å². The van der Waals surface area contributed by atoms with E-state index in [1.807, 2.05) is 0 Å². The van der Waals surface area contributed by atoms with E-state index in [0.29, 0.717) is 30.5 Å². The molecule has 0 aromatic carbocycles. The molecule has 1 saturated heterocycles. The molecule has 2 N–H and O–H groups in total. The maximum absolute atomic E-state index is 12.7. The molecule has 1 aliphatic carbocycles. The number of nitrogens with zero attached hydrogens (tertiary/aromatic N) is 2. The normalized spacial score (nSPS) is 22.5. The highest BCUT2D eigenvalue weighted by Gasteiger charge is 2.40. The number of carbonyl (C=O) groups excluding carboxylic acids is 1. The highest BCUT2D eigenvalue weighted by atomic mass is 35.5. The predicted octanol–water partition coefficient (Wildman–Crippen LogP) is 1.90. The van der Waals surface area contributed by atoms with E-state index >= 15 is 0 Å². The van der Waals surface area contributed by atoms with Crippen LogP contribution in [0, 0.1) is 0 Å². The van der Waals surface area contributed by atoms with Crippen molar-refractivity contribution in [3.63, 3.8) is 0 Å². The molecule has 6 nitrogen and oxygen atoms in total. The molecule has 9 heteroatoms. The predicted molar refractivity (Wildman–Crippen MR) is 94.7 cm³/mol. The van der Waals surface area contributed by atoms with Gasteiger partial charge in [-0.25, -0.2) is 8.42 Å². The third kappa shape index (κ3) is 3.48. The lowest BCUT2D eigenvalue weighted by Gasteiger charge is -2.40. The summed E-state index contributed by atoms with van der Waals surface area (Å²) in [6.07, 6.45) is 4.53. The highest BCUT2D eigenvalue weighted by Crippen LogP contribution is 2.30. The van der Waals surface area contributed by atoms with Gasteiger partial charge in [-0.05, 0) is 25.0 Å². The molecule has 2 aliphatic rings. The Morgan fingerprint density at radius 2 is 1.75 bits per heavy atom. The number of thiophene rings is 1. The summed E-state index contributed by atoms with van der Waals surface area (Å²) in [5.41, 5.74) is 5.55. The Morgan fingerprint density at radius 3 is 2.29 bits per heavy atom. The summed E-state index contributed by atoms with van der Waals surface area (Å²) in [4.78, 5) is 14.4. The van der Waals surface area contributed by atoms with Gasteiger partial charge in [-0.2, -0.15) is 4.31 Å². The number of sulfonamides is 1. The molecule has 134 valence electrons. The van der Waals surface area contributed by atoms with Crippen LogP contribution >= 0.6 is 22.9 Å². The van der Waals surface area contributed by atoms with Crippen molar-refractivity contribution in [3.05, 3.63) is 16.5 Å². The standard InChI is InChI=1S/C15H22ClN3O3S2/c16-12-4-5-13(23-12)24(21,22)19-10-8-18(9-11-19)14(20)15(17)6-2-1-3-7-15/h4-5H,1-3,6-11,17H2. The second-order valence-corrected chi connectivity index (χ2v) is 10.4. The first-order chi connectivity index (χ1) is 11.3. The quantitative estimate of drug-likeness (QED) is 0.852. The fourth-order valence-electron chi connectivity index (χ4n) is 3.41. The van der Waals surface area contributed by atoms with E-state index in [-0.39, 0.29) is 10.1 Å². The van der Waals surface area contributed by atoms with Crippen molar-refractivity contribution in [2.24, 2.45) is 5.73 Å². The van der Waals surface area contributed by atoms with Crippen molar-refractivity contribution < 1.29 is 13.2 Å². The zero-order valence-corrected chi connectivity index (χ0v) is 15.8. The smallest absolute Gasteiger partial charge is 0.252 e. The Balaban J connectivity index is 1.64. The summed E-state index contributed by atoms with van der Waals surface area (Å²) in [6, 6.07) is 3.11. The van der Waals surface area contributed by atoms with Crippen LogP contribution in [0.4, 0.5) is 0 Å². The summed E-state index contributed by atoms with van der Waals surface area (Å²) in [5, 5.41) is 0. The van der Waals surface area contributed by atoms with Gasteiger partial charge in [0.25, 0.3) is 10.0 Å². The van der Waals surface area contributed by atoms with Gasteiger partial charge in [0.05, 0.1) is 9.88 Å². The van der Waals surface area contributed by atoms with Crippen LogP contribution in [0.5, 0.6) is 0 Å². The Kier molecular flexibility index (Phi) is 5.22. The zero-order valence-electron chi connectivity index (χ0n) is 13.4. The van der Waals surface area contributed by atoms with Crippen molar-refractivity contribution in [3.8, 4) is 0 Å². The van der Waals surface area contributed by atoms with Crippen molar-refractivity contribution in [2.75, 3.05) is 26.2 Å². The molecule has 0 bridgehead atoms. The first-order valence-corrected chi connectivity index (χ1v) is 10.8. The van der Waals surface area contributed by atoms with Crippen LogP contribution in [0.2, 0.25) is 4.34 Å². The van der Waals surface area contributed by atoms with Gasteiger partial charge >= 0.3 is 0 Å². The van der Waals surface area contributed by atoms with Crippen molar-refractivity contribution in [1.29, 1.82) is 0 Å². The van der Waals surface area contributed by atoms with Gasteiger partial charge in [-0.3, -0.25) is 4.79 Å². The fraction of sp³-hybridized carbons (Fsp3) is 0.667. The van der Waals surface area contributed by atoms with Crippen LogP contribution in [0.15, 0.2) is 16.3 Å². The van der Waals surface area contributed by atoms with Crippen LogP contribution in [-0.2, 0) is 14.8 Å². The zero-order chi connectivity index (χ0) is 17.4. The molecule has 1 aromatic rings. The molecular weight excluding hydrogens is 370 g/mol. The summed E-state index contributed by atoms with van der Waals surface area (Å²) < 4.78 is 27.3. The van der Waals surface area contributed by atoms with Gasteiger partial charge < -0.3 is 10.6 Å². The minimum absolute atomic E-state index is 0.0292. The summed E-state index contributed by atoms with van der Waals surface area (Å²) in [7, 11) is -3.53. The van der Waals surface area contributed by atoms with E-state index in [1.54, 1.807) is 11.0 Å². The Labute approximate surface area is 151 Å². The first kappa shape index (κ1) is 18.1. The second-order valence-electron chi connectivity index (χ2n) is 6.47. The van der Waals surface area contributed by atoms with Gasteiger partial charge in [0, 0.05) is 26.2 Å². The van der Waals surface area contributed by atoms with Gasteiger partial charge in [0.15, 0.2) is 0 Å². The van der Waals surface area contributed by atoms with Gasteiger partial charge in [0.2, 0.25) is 5.91 Å². The Bertz CT molecular complexity index is 705. The number of carbonyl (C=O) groups is 1. The molecule has 2 heterocycles. The number of hydrogen-bond donors (Lipinski definition) is 1. The largest absolute Gasteiger partial charge is 0.338 e. The molecule has 1 saturated carbocycles. The molecule has 2 fully saturated rings. The number of nitrogens with two attached hydrogens (primary N) is 1. The Hall–Kier alpha value is -0.670. The van der Waals surface area contributed by atoms with Crippen LogP contribution < -0.4 is 5.73 Å². The first-order valence-electron chi connectivity index (χ1n) is 8.17. The molecule has 0 radical (unpaired) electrons. The lowest BCUT2D eigenvalue weighted by molar-refractivity contribution is -0.139. The maximum Gasteiger partial charge on any atom is 0.252 e. The minimum atomic E-state index is -3.53. The third-order valence-electron chi connectivity index (χ3n) is 4.84. The van der Waals surface area contributed by atoms with Crippen molar-refractivity contribution in [2.45, 2.75) is 41.9 Å². The van der Waals surface area contributed by atoms with Gasteiger partial charge in [-0.1, -0.05) is 30.9 Å². The third-order valence-corrected chi connectivity index (χ3v) is 8.44. The molecule has 3 rings (SSSR count). The van der Waals surface area contributed by atoms with E-state index in [4.69, 9.17) is 17.3 Å². The second kappa shape index (κ2) is 6.92. The molecule has 1 aliphatic heterocycles. The van der Waals surface area contributed by atoms with E-state index in [1.165, 1.54) is 10.4 Å². The average Bonchev–Trinajstić information content (AvgIpc) is 3.02. The van der Waals surface area contributed by atoms with Crippen LogP contribution in [0.3, 0.4) is 0 Å². The van der Waals surface area contributed by atoms with E-state index < -0.39 is 15.6 Å². The van der Waals surface area contributed by atoms with E-state index in [0.717, 1.165) is 43.4 Å². The Morgan fingerprint density at radius 1 is 1.12 bits per heavy atom. The lowest BCUT2D eigenvalue weighted by atomic mass is 9.81. The number of piperazine rings is 1. The van der Waals surface area contributed by atoms with Crippen molar-refractivity contribution in [1.82, 2.24) is 9.21 Å². The van der Waals surface area contributed by atoms with Gasteiger partial charge in [0.1, 0.15) is 4.21 Å². The minimum Gasteiger partial charge on any atom is -0.338 e. The molecule has 0 spiro atoms. The van der Waals surface area contributed by atoms with Gasteiger partial charge in [-0.15, -0.1) is 11.3 Å². The highest BCUT2D eigenvalue weighted by molar-refractivity contribution is 7.91. The SMILES string of the molecule is NC1(C(=O)N2CCN(S(=O)(=O)c3ccc(Cl)s3)CC2)CCCCC1. The summed E-state index contributed by atoms with van der Waals surface area (Å²) in [6.45, 7) is 1.35. The molecule has 1 amide bonds. The molecule has 0 atom stereocenters. The molecule has 1 aromatic heterocycles. The summed E-state index contributed by atoms with van der Waals surface area (Å²) >= 11 is 6.89. The molecule has 0 unspecified atom stereocenters. The summed E-state index contributed by atoms with van der Waals surface area (Å²) in [5.74, 6) is -0.0292. The average molecular weight is 392 g/mol. The topological polar surface area (TPSA) is 83.7 Å². The lowest BCUT2D eigenvalue weighted by Crippen LogP contribution is -2.60. The maximum atomic E-state index is 12.7. The molecule has 24 heavy (non-hydrogen) atoms. The molecular formula is C15H22ClN3O3S2.